The van der Waals surface area contributed by atoms with Gasteiger partial charge in [-0.3, -0.25) is 0 Å². The summed E-state index contributed by atoms with van der Waals surface area (Å²) >= 11 is 0. The zero-order chi connectivity index (χ0) is 18.4. The third-order valence-corrected chi connectivity index (χ3v) is 4.53. The summed E-state index contributed by atoms with van der Waals surface area (Å²) in [5.74, 6) is 2.68. The van der Waals surface area contributed by atoms with Crippen LogP contribution in [0.3, 0.4) is 0 Å². The minimum atomic E-state index is 0.525. The lowest BCUT2D eigenvalue weighted by Crippen LogP contribution is -2.52. The zero-order valence-corrected chi connectivity index (χ0v) is 15.7. The van der Waals surface area contributed by atoms with E-state index >= 15 is 0 Å². The first-order chi connectivity index (χ1) is 12.7. The van der Waals surface area contributed by atoms with Gasteiger partial charge in [-0.15, -0.1) is 10.2 Å². The molecule has 8 heteroatoms. The van der Waals surface area contributed by atoms with Crippen molar-refractivity contribution in [2.24, 2.45) is 12.0 Å². The number of benzene rings is 1. The summed E-state index contributed by atoms with van der Waals surface area (Å²) in [6.45, 7) is 7.23. The summed E-state index contributed by atoms with van der Waals surface area (Å²) in [7, 11) is 3.63. The van der Waals surface area contributed by atoms with E-state index in [4.69, 9.17) is 9.73 Å². The maximum Gasteiger partial charge on any atom is 0.194 e. The van der Waals surface area contributed by atoms with Crippen LogP contribution in [-0.4, -0.2) is 65.5 Å². The topological polar surface area (TPSA) is 70.8 Å². The van der Waals surface area contributed by atoms with Crippen LogP contribution in [0.5, 0.6) is 5.75 Å². The van der Waals surface area contributed by atoms with Crippen molar-refractivity contribution in [3.63, 3.8) is 0 Å². The van der Waals surface area contributed by atoms with Crippen LogP contribution in [0.25, 0.3) is 0 Å². The maximum atomic E-state index is 5.24. The molecule has 0 spiro atoms. The predicted molar refractivity (Wildman–Crippen MR) is 103 cm³/mol. The minimum Gasteiger partial charge on any atom is -0.497 e. The van der Waals surface area contributed by atoms with Gasteiger partial charge in [0.05, 0.1) is 7.11 Å². The molecular weight excluding hydrogens is 330 g/mol. The van der Waals surface area contributed by atoms with Crippen LogP contribution in [0.15, 0.2) is 35.6 Å². The van der Waals surface area contributed by atoms with Gasteiger partial charge in [-0.1, -0.05) is 0 Å². The Hall–Kier alpha value is -2.77. The second kappa shape index (κ2) is 8.55. The number of anilines is 1. The molecule has 0 unspecified atom stereocenters. The van der Waals surface area contributed by atoms with Gasteiger partial charge in [-0.25, -0.2) is 4.99 Å². The molecule has 3 rings (SSSR count). The summed E-state index contributed by atoms with van der Waals surface area (Å²) in [6.07, 6.45) is 1.70. The van der Waals surface area contributed by atoms with Gasteiger partial charge in [0.1, 0.15) is 18.6 Å². The van der Waals surface area contributed by atoms with Crippen LogP contribution in [0, 0.1) is 0 Å². The highest BCUT2D eigenvalue weighted by atomic mass is 16.5. The number of ether oxygens (including phenoxy) is 1. The first-order valence-electron chi connectivity index (χ1n) is 8.96. The van der Waals surface area contributed by atoms with Crippen molar-refractivity contribution >= 4 is 11.6 Å². The van der Waals surface area contributed by atoms with Crippen molar-refractivity contribution < 1.29 is 4.74 Å². The molecule has 0 bridgehead atoms. The number of hydrogen-bond acceptors (Lipinski definition) is 5. The highest BCUT2D eigenvalue weighted by molar-refractivity contribution is 5.80. The second-order valence-corrected chi connectivity index (χ2v) is 6.20. The molecule has 0 aliphatic carbocycles. The number of nitrogens with zero attached hydrogens (tertiary/aromatic N) is 6. The van der Waals surface area contributed by atoms with Gasteiger partial charge in [0.25, 0.3) is 0 Å². The molecule has 1 aliphatic heterocycles. The van der Waals surface area contributed by atoms with Gasteiger partial charge in [0.2, 0.25) is 0 Å². The van der Waals surface area contributed by atoms with E-state index < -0.39 is 0 Å². The Bertz CT molecular complexity index is 717. The normalized spacial score (nSPS) is 15.3. The fourth-order valence-corrected chi connectivity index (χ4v) is 2.99. The molecule has 1 aromatic heterocycles. The molecule has 26 heavy (non-hydrogen) atoms. The standard InChI is InChI=1S/C18H27N7O/c1-4-19-18(20-13-17-22-21-14-23(17)2)25-11-9-24(10-12-25)15-5-7-16(26-3)8-6-15/h5-8,14H,4,9-13H2,1-3H3,(H,19,20). The van der Waals surface area contributed by atoms with E-state index in [1.54, 1.807) is 13.4 Å². The fourth-order valence-electron chi connectivity index (χ4n) is 2.99. The number of piperazine rings is 1. The van der Waals surface area contributed by atoms with E-state index in [0.29, 0.717) is 6.54 Å². The Kier molecular flexibility index (Phi) is 5.93. The summed E-state index contributed by atoms with van der Waals surface area (Å²) in [4.78, 5) is 9.43. The average Bonchev–Trinajstić information content (AvgIpc) is 3.10. The largest absolute Gasteiger partial charge is 0.497 e. The molecule has 140 valence electrons. The van der Waals surface area contributed by atoms with E-state index in [2.05, 4.69) is 44.4 Å². The summed E-state index contributed by atoms with van der Waals surface area (Å²) in [6, 6.07) is 8.24. The van der Waals surface area contributed by atoms with Crippen molar-refractivity contribution in [1.29, 1.82) is 0 Å². The fraction of sp³-hybridized carbons (Fsp3) is 0.500. The lowest BCUT2D eigenvalue weighted by Gasteiger charge is -2.37. The average molecular weight is 357 g/mol. The van der Waals surface area contributed by atoms with E-state index in [9.17, 15) is 0 Å². The monoisotopic (exact) mass is 357 g/mol. The third kappa shape index (κ3) is 4.25. The molecule has 2 heterocycles. The van der Waals surface area contributed by atoms with Crippen LogP contribution >= 0.6 is 0 Å². The smallest absolute Gasteiger partial charge is 0.194 e. The maximum absolute atomic E-state index is 5.24. The van der Waals surface area contributed by atoms with E-state index in [1.165, 1.54) is 5.69 Å². The summed E-state index contributed by atoms with van der Waals surface area (Å²) in [5, 5.41) is 11.4. The molecular formula is C18H27N7O. The number of nitrogens with one attached hydrogen (secondary N) is 1. The molecule has 1 saturated heterocycles. The van der Waals surface area contributed by atoms with Gasteiger partial charge < -0.3 is 24.4 Å². The van der Waals surface area contributed by atoms with Gasteiger partial charge in [0.15, 0.2) is 11.8 Å². The van der Waals surface area contributed by atoms with Crippen LogP contribution in [-0.2, 0) is 13.6 Å². The predicted octanol–water partition coefficient (Wildman–Crippen LogP) is 1.11. The van der Waals surface area contributed by atoms with Gasteiger partial charge in [0, 0.05) is 45.5 Å². The Morgan fingerprint density at radius 1 is 1.19 bits per heavy atom. The Morgan fingerprint density at radius 2 is 1.92 bits per heavy atom. The van der Waals surface area contributed by atoms with Crippen LogP contribution in [0.4, 0.5) is 5.69 Å². The molecule has 2 aromatic rings. The first kappa shape index (κ1) is 18.0. The van der Waals surface area contributed by atoms with Crippen LogP contribution < -0.4 is 15.0 Å². The molecule has 8 nitrogen and oxygen atoms in total. The number of guanidine groups is 1. The number of methoxy groups -OCH3 is 1. The van der Waals surface area contributed by atoms with Gasteiger partial charge in [-0.2, -0.15) is 0 Å². The van der Waals surface area contributed by atoms with Gasteiger partial charge >= 0.3 is 0 Å². The lowest BCUT2D eigenvalue weighted by molar-refractivity contribution is 0.372. The SMILES string of the molecule is CCNC(=NCc1nncn1C)N1CCN(c2ccc(OC)cc2)CC1. The number of aryl methyl sites for hydroxylation is 1. The molecule has 1 aliphatic rings. The van der Waals surface area contributed by atoms with E-state index in [-0.39, 0.29) is 0 Å². The van der Waals surface area contributed by atoms with Crippen molar-refractivity contribution in [1.82, 2.24) is 25.0 Å². The Labute approximate surface area is 154 Å². The van der Waals surface area contributed by atoms with Crippen molar-refractivity contribution in [2.75, 3.05) is 44.7 Å². The van der Waals surface area contributed by atoms with Gasteiger partial charge in [-0.05, 0) is 31.2 Å². The van der Waals surface area contributed by atoms with E-state index in [0.717, 1.165) is 50.3 Å². The molecule has 1 aromatic carbocycles. The zero-order valence-electron chi connectivity index (χ0n) is 15.7. The lowest BCUT2D eigenvalue weighted by atomic mass is 10.2. The van der Waals surface area contributed by atoms with Crippen molar-refractivity contribution in [3.05, 3.63) is 36.4 Å². The molecule has 0 amide bonds. The number of rotatable bonds is 5. The molecule has 0 saturated carbocycles. The third-order valence-electron chi connectivity index (χ3n) is 4.53. The van der Waals surface area contributed by atoms with Crippen molar-refractivity contribution in [2.45, 2.75) is 13.5 Å². The highest BCUT2D eigenvalue weighted by Crippen LogP contribution is 2.20. The van der Waals surface area contributed by atoms with Crippen LogP contribution in [0.1, 0.15) is 12.7 Å². The second-order valence-electron chi connectivity index (χ2n) is 6.20. The molecule has 0 radical (unpaired) electrons. The van der Waals surface area contributed by atoms with Crippen LogP contribution in [0.2, 0.25) is 0 Å². The number of aliphatic imine (C=N–C) groups is 1. The Balaban J connectivity index is 1.61. The molecule has 1 fully saturated rings. The summed E-state index contributed by atoms with van der Waals surface area (Å²) < 4.78 is 7.13. The molecule has 0 atom stereocenters. The number of aromatic nitrogens is 3. The molecule has 1 N–H and O–H groups in total. The minimum absolute atomic E-state index is 0.525. The number of hydrogen-bond donors (Lipinski definition) is 1. The highest BCUT2D eigenvalue weighted by Gasteiger charge is 2.20. The Morgan fingerprint density at radius 3 is 2.50 bits per heavy atom. The van der Waals surface area contributed by atoms with Crippen molar-refractivity contribution in [3.8, 4) is 5.75 Å². The summed E-state index contributed by atoms with van der Waals surface area (Å²) in [5.41, 5.74) is 1.23. The first-order valence-corrected chi connectivity index (χ1v) is 8.96. The quantitative estimate of drug-likeness (QED) is 0.639. The van der Waals surface area contributed by atoms with E-state index in [1.807, 2.05) is 23.7 Å².